The van der Waals surface area contributed by atoms with Crippen molar-refractivity contribution in [3.8, 4) is 44.5 Å². The van der Waals surface area contributed by atoms with E-state index in [4.69, 9.17) is 0 Å². The Morgan fingerprint density at radius 2 is 0.968 bits per heavy atom. The maximum atomic E-state index is 2.50. The Bertz CT molecular complexity index is 3470. The summed E-state index contributed by atoms with van der Waals surface area (Å²) in [6.45, 7) is 2.39. The van der Waals surface area contributed by atoms with Crippen LogP contribution < -0.4 is 4.90 Å². The third kappa shape index (κ3) is 5.68. The minimum atomic E-state index is -0.256. The van der Waals surface area contributed by atoms with Gasteiger partial charge in [-0.25, -0.2) is 0 Å². The standard InChI is InChI=1S/C60H41NS/c1-60(44-21-6-3-7-22-44)52-28-11-8-23-47(52)48-38-35-43(39-53(48)60)40-33-36-45(37-34-40)61(55-30-16-32-57-59(55)51-25-10-13-31-56(51)62-57)54-29-12-9-24-49(54)50-27-15-20-42-19-14-26-46(58(42)50)41-17-4-2-5-18-41/h2-39H,1H3. The molecule has 0 radical (unpaired) electrons. The first-order valence-electron chi connectivity index (χ1n) is 21.4. The van der Waals surface area contributed by atoms with Crippen LogP contribution in [0.2, 0.25) is 0 Å². The van der Waals surface area contributed by atoms with Crippen LogP contribution >= 0.6 is 11.3 Å². The lowest BCUT2D eigenvalue weighted by Crippen LogP contribution is -2.22. The average Bonchev–Trinajstić information content (AvgIpc) is 3.85. The number of hydrogen-bond donors (Lipinski definition) is 0. The van der Waals surface area contributed by atoms with Gasteiger partial charge >= 0.3 is 0 Å². The molecule has 2 heteroatoms. The van der Waals surface area contributed by atoms with Crippen LogP contribution in [0.25, 0.3) is 75.5 Å². The second-order valence-electron chi connectivity index (χ2n) is 16.5. The van der Waals surface area contributed by atoms with Gasteiger partial charge < -0.3 is 4.90 Å². The zero-order valence-electron chi connectivity index (χ0n) is 34.3. The van der Waals surface area contributed by atoms with Gasteiger partial charge in [0.1, 0.15) is 0 Å². The molecule has 0 amide bonds. The van der Waals surface area contributed by atoms with Gasteiger partial charge in [0, 0.05) is 36.8 Å². The summed E-state index contributed by atoms with van der Waals surface area (Å²) < 4.78 is 2.57. The average molecular weight is 808 g/mol. The van der Waals surface area contributed by atoms with E-state index in [0.717, 1.165) is 17.1 Å². The van der Waals surface area contributed by atoms with Crippen LogP contribution in [0.15, 0.2) is 231 Å². The van der Waals surface area contributed by atoms with E-state index in [9.17, 15) is 0 Å². The minimum absolute atomic E-state index is 0.256. The molecule has 0 N–H and O–H groups in total. The molecule has 0 fully saturated rings. The number of para-hydroxylation sites is 1. The van der Waals surface area contributed by atoms with E-state index in [0.29, 0.717) is 0 Å². The Morgan fingerprint density at radius 1 is 0.371 bits per heavy atom. The molecule has 10 aromatic carbocycles. The monoisotopic (exact) mass is 807 g/mol. The lowest BCUT2D eigenvalue weighted by molar-refractivity contribution is 0.714. The fraction of sp³-hybridized carbons (Fsp3) is 0.0333. The molecule has 0 spiro atoms. The lowest BCUT2D eigenvalue weighted by atomic mass is 9.74. The van der Waals surface area contributed by atoms with Crippen LogP contribution in [0.1, 0.15) is 23.6 Å². The summed E-state index contributed by atoms with van der Waals surface area (Å²) in [6.07, 6.45) is 0. The van der Waals surface area contributed by atoms with Gasteiger partial charge in [-0.1, -0.05) is 188 Å². The van der Waals surface area contributed by atoms with E-state index >= 15 is 0 Å². The molecule has 1 aromatic heterocycles. The molecule has 12 rings (SSSR count). The van der Waals surface area contributed by atoms with Crippen molar-refractivity contribution in [1.29, 1.82) is 0 Å². The van der Waals surface area contributed by atoms with E-state index in [1.165, 1.54) is 92.1 Å². The minimum Gasteiger partial charge on any atom is -0.309 e. The van der Waals surface area contributed by atoms with Crippen LogP contribution in [-0.2, 0) is 5.41 Å². The maximum absolute atomic E-state index is 2.50. The van der Waals surface area contributed by atoms with E-state index in [-0.39, 0.29) is 5.41 Å². The van der Waals surface area contributed by atoms with Gasteiger partial charge in [-0.05, 0) is 116 Å². The zero-order valence-corrected chi connectivity index (χ0v) is 35.1. The molecule has 0 aliphatic heterocycles. The fourth-order valence-electron chi connectivity index (χ4n) is 10.2. The first-order valence-corrected chi connectivity index (χ1v) is 22.2. The van der Waals surface area contributed by atoms with E-state index < -0.39 is 0 Å². The summed E-state index contributed by atoms with van der Waals surface area (Å²) in [5.41, 5.74) is 17.0. The highest BCUT2D eigenvalue weighted by Gasteiger charge is 2.40. The lowest BCUT2D eigenvalue weighted by Gasteiger charge is -2.29. The van der Waals surface area contributed by atoms with Gasteiger partial charge in [-0.15, -0.1) is 11.3 Å². The van der Waals surface area contributed by atoms with E-state index in [1.807, 2.05) is 11.3 Å². The highest BCUT2D eigenvalue weighted by Crippen LogP contribution is 2.54. The normalized spacial score (nSPS) is 14.3. The first-order chi connectivity index (χ1) is 30.6. The van der Waals surface area contributed by atoms with Crippen LogP contribution in [-0.4, -0.2) is 0 Å². The largest absolute Gasteiger partial charge is 0.309 e. The summed E-state index contributed by atoms with van der Waals surface area (Å²) in [7, 11) is 0. The molecule has 1 unspecified atom stereocenters. The molecule has 1 aliphatic carbocycles. The van der Waals surface area contributed by atoms with Crippen LogP contribution in [0.4, 0.5) is 17.1 Å². The second-order valence-corrected chi connectivity index (χ2v) is 17.6. The zero-order chi connectivity index (χ0) is 41.2. The van der Waals surface area contributed by atoms with Gasteiger partial charge in [0.05, 0.1) is 11.4 Å². The third-order valence-electron chi connectivity index (χ3n) is 13.2. The molecule has 1 aliphatic rings. The highest BCUT2D eigenvalue weighted by atomic mass is 32.1. The summed E-state index contributed by atoms with van der Waals surface area (Å²) >= 11 is 1.86. The topological polar surface area (TPSA) is 3.24 Å². The van der Waals surface area contributed by atoms with E-state index in [2.05, 4.69) is 242 Å². The Morgan fingerprint density at radius 3 is 1.79 bits per heavy atom. The Balaban J connectivity index is 1.05. The van der Waals surface area contributed by atoms with Crippen molar-refractivity contribution in [2.75, 3.05) is 4.90 Å². The van der Waals surface area contributed by atoms with Crippen molar-refractivity contribution in [1.82, 2.24) is 0 Å². The molecule has 0 saturated carbocycles. The predicted octanol–water partition coefficient (Wildman–Crippen LogP) is 17.0. The maximum Gasteiger partial charge on any atom is 0.0555 e. The third-order valence-corrected chi connectivity index (χ3v) is 14.3. The fourth-order valence-corrected chi connectivity index (χ4v) is 11.4. The molecule has 1 nitrogen and oxygen atoms in total. The van der Waals surface area contributed by atoms with Crippen LogP contribution in [0.3, 0.4) is 0 Å². The summed E-state index contributed by atoms with van der Waals surface area (Å²) in [5.74, 6) is 0. The van der Waals surface area contributed by atoms with Crippen molar-refractivity contribution >= 4 is 59.3 Å². The number of benzene rings is 10. The number of anilines is 3. The molecule has 292 valence electrons. The van der Waals surface area contributed by atoms with Crippen molar-refractivity contribution in [3.05, 3.63) is 247 Å². The predicted molar refractivity (Wildman–Crippen MR) is 265 cm³/mol. The molecule has 11 aromatic rings. The molecule has 1 heterocycles. The first kappa shape index (κ1) is 36.3. The Kier molecular flexibility index (Phi) is 8.55. The quantitative estimate of drug-likeness (QED) is 0.155. The summed E-state index contributed by atoms with van der Waals surface area (Å²) in [5, 5.41) is 5.03. The molecule has 1 atom stereocenters. The van der Waals surface area contributed by atoms with Crippen LogP contribution in [0.5, 0.6) is 0 Å². The Hall–Kier alpha value is -7.52. The summed E-state index contributed by atoms with van der Waals surface area (Å²) in [6, 6.07) is 85.0. The van der Waals surface area contributed by atoms with Gasteiger partial charge in [0.15, 0.2) is 0 Å². The van der Waals surface area contributed by atoms with Crippen molar-refractivity contribution in [2.45, 2.75) is 12.3 Å². The van der Waals surface area contributed by atoms with E-state index in [1.54, 1.807) is 0 Å². The molecule has 0 saturated heterocycles. The van der Waals surface area contributed by atoms with Crippen molar-refractivity contribution in [3.63, 3.8) is 0 Å². The number of rotatable bonds is 7. The number of thiophene rings is 1. The molecule has 62 heavy (non-hydrogen) atoms. The van der Waals surface area contributed by atoms with Crippen molar-refractivity contribution < 1.29 is 0 Å². The molecular formula is C60H41NS. The van der Waals surface area contributed by atoms with Gasteiger partial charge in [-0.2, -0.15) is 0 Å². The van der Waals surface area contributed by atoms with Crippen LogP contribution in [0, 0.1) is 0 Å². The Labute approximate surface area is 366 Å². The van der Waals surface area contributed by atoms with Gasteiger partial charge in [-0.3, -0.25) is 0 Å². The highest BCUT2D eigenvalue weighted by molar-refractivity contribution is 7.26. The smallest absolute Gasteiger partial charge is 0.0555 e. The number of fused-ring (bicyclic) bond motifs is 7. The number of hydrogen-bond acceptors (Lipinski definition) is 2. The molecule has 0 bridgehead atoms. The summed E-state index contributed by atoms with van der Waals surface area (Å²) in [4.78, 5) is 2.50. The van der Waals surface area contributed by atoms with Gasteiger partial charge in [0.25, 0.3) is 0 Å². The number of nitrogens with zero attached hydrogens (tertiary/aromatic N) is 1. The van der Waals surface area contributed by atoms with Crippen molar-refractivity contribution in [2.24, 2.45) is 0 Å². The second kappa shape index (κ2) is 14.6. The SMILES string of the molecule is CC1(c2ccccc2)c2ccccc2-c2ccc(-c3ccc(N(c4ccccc4-c4cccc5cccc(-c6ccccc6)c45)c4cccc5sc6ccccc6c45)cc3)cc21. The van der Waals surface area contributed by atoms with Gasteiger partial charge in [0.2, 0.25) is 0 Å². The molecular weight excluding hydrogens is 767 g/mol.